The van der Waals surface area contributed by atoms with E-state index in [1.54, 1.807) is 0 Å². The van der Waals surface area contributed by atoms with Crippen LogP contribution >= 0.6 is 0 Å². The first-order valence-electron chi connectivity index (χ1n) is 11.3. The summed E-state index contributed by atoms with van der Waals surface area (Å²) >= 11 is 0. The summed E-state index contributed by atoms with van der Waals surface area (Å²) in [5, 5.41) is 0. The number of aryl methyl sites for hydroxylation is 1. The Morgan fingerprint density at radius 1 is 0.862 bits per heavy atom. The van der Waals surface area contributed by atoms with Crippen molar-refractivity contribution < 1.29 is 9.47 Å². The van der Waals surface area contributed by atoms with Crippen LogP contribution in [0.3, 0.4) is 0 Å². The highest BCUT2D eigenvalue weighted by atomic mass is 16.7. The molecule has 0 heterocycles. The van der Waals surface area contributed by atoms with Crippen molar-refractivity contribution in [1.82, 2.24) is 0 Å². The summed E-state index contributed by atoms with van der Waals surface area (Å²) in [6, 6.07) is 18.9. The second kappa shape index (κ2) is 9.80. The molecule has 3 rings (SSSR count). The summed E-state index contributed by atoms with van der Waals surface area (Å²) in [7, 11) is 0. The molecule has 0 aliphatic heterocycles. The van der Waals surface area contributed by atoms with E-state index >= 15 is 0 Å². The van der Waals surface area contributed by atoms with Gasteiger partial charge in [-0.1, -0.05) is 89.4 Å². The first-order valence-corrected chi connectivity index (χ1v) is 11.3. The molecule has 29 heavy (non-hydrogen) atoms. The maximum absolute atomic E-state index is 6.44. The van der Waals surface area contributed by atoms with Gasteiger partial charge in [-0.2, -0.15) is 0 Å². The number of ether oxygens (including phenoxy) is 2. The van der Waals surface area contributed by atoms with E-state index in [0.29, 0.717) is 6.61 Å². The molecule has 2 heteroatoms. The van der Waals surface area contributed by atoms with Crippen molar-refractivity contribution in [3.63, 3.8) is 0 Å². The predicted octanol–water partition coefficient (Wildman–Crippen LogP) is 7.56. The number of benzene rings is 2. The van der Waals surface area contributed by atoms with Crippen molar-refractivity contribution in [2.75, 3.05) is 0 Å². The molecular weight excluding hydrogens is 356 g/mol. The van der Waals surface area contributed by atoms with E-state index in [4.69, 9.17) is 9.47 Å². The minimum Gasteiger partial charge on any atom is -0.465 e. The molecule has 2 nitrogen and oxygen atoms in total. The number of rotatable bonds is 8. The fourth-order valence-electron chi connectivity index (χ4n) is 4.66. The first kappa shape index (κ1) is 21.9. The topological polar surface area (TPSA) is 18.5 Å². The van der Waals surface area contributed by atoms with E-state index in [9.17, 15) is 0 Å². The van der Waals surface area contributed by atoms with Crippen molar-refractivity contribution in [1.29, 1.82) is 0 Å². The predicted molar refractivity (Wildman–Crippen MR) is 121 cm³/mol. The zero-order chi connectivity index (χ0) is 20.7. The quantitative estimate of drug-likeness (QED) is 0.430. The normalized spacial score (nSPS) is 17.7. The Kier molecular flexibility index (Phi) is 7.40. The van der Waals surface area contributed by atoms with E-state index in [1.807, 2.05) is 6.07 Å². The maximum atomic E-state index is 6.44. The fourth-order valence-corrected chi connectivity index (χ4v) is 4.66. The van der Waals surface area contributed by atoms with Gasteiger partial charge in [0, 0.05) is 6.42 Å². The molecule has 2 aromatic rings. The van der Waals surface area contributed by atoms with Gasteiger partial charge >= 0.3 is 0 Å². The minimum atomic E-state index is -0.236. The molecule has 0 saturated heterocycles. The summed E-state index contributed by atoms with van der Waals surface area (Å²) in [6.07, 6.45) is 8.26. The molecule has 0 radical (unpaired) electrons. The van der Waals surface area contributed by atoms with Crippen molar-refractivity contribution in [2.45, 2.75) is 85.5 Å². The molecule has 0 amide bonds. The van der Waals surface area contributed by atoms with E-state index < -0.39 is 0 Å². The summed E-state index contributed by atoms with van der Waals surface area (Å²) in [5.41, 5.74) is 3.01. The van der Waals surface area contributed by atoms with Crippen molar-refractivity contribution >= 4 is 0 Å². The molecule has 1 atom stereocenters. The zero-order valence-corrected chi connectivity index (χ0v) is 18.7. The molecule has 158 valence electrons. The van der Waals surface area contributed by atoms with E-state index in [1.165, 1.54) is 43.2 Å². The van der Waals surface area contributed by atoms with Gasteiger partial charge in [-0.05, 0) is 53.4 Å². The third-order valence-electron chi connectivity index (χ3n) is 6.84. The van der Waals surface area contributed by atoms with Gasteiger partial charge in [0.05, 0.1) is 6.61 Å². The van der Waals surface area contributed by atoms with Crippen LogP contribution < -0.4 is 4.74 Å². The highest BCUT2D eigenvalue weighted by molar-refractivity contribution is 5.27. The Labute approximate surface area is 177 Å². The Morgan fingerprint density at radius 3 is 2.10 bits per heavy atom. The van der Waals surface area contributed by atoms with Gasteiger partial charge in [0.1, 0.15) is 5.75 Å². The number of hydrogen-bond acceptors (Lipinski definition) is 2. The van der Waals surface area contributed by atoms with Gasteiger partial charge in [-0.15, -0.1) is 0 Å². The van der Waals surface area contributed by atoms with Crippen LogP contribution in [0.1, 0.15) is 77.3 Å². The molecule has 1 aliphatic carbocycles. The monoisotopic (exact) mass is 394 g/mol. The summed E-state index contributed by atoms with van der Waals surface area (Å²) in [5.74, 6) is 0.903. The molecule has 0 spiro atoms. The molecular formula is C27H38O2. The summed E-state index contributed by atoms with van der Waals surface area (Å²) < 4.78 is 12.8. The molecule has 1 unspecified atom stereocenters. The molecule has 1 aliphatic rings. The lowest BCUT2D eigenvalue weighted by molar-refractivity contribution is -0.136. The van der Waals surface area contributed by atoms with Crippen molar-refractivity contribution in [2.24, 2.45) is 10.8 Å². The van der Waals surface area contributed by atoms with Gasteiger partial charge in [0.2, 0.25) is 6.29 Å². The maximum Gasteiger partial charge on any atom is 0.200 e. The summed E-state index contributed by atoms with van der Waals surface area (Å²) in [6.45, 7) is 9.93. The lowest BCUT2D eigenvalue weighted by atomic mass is 9.57. The third kappa shape index (κ3) is 5.85. The Hall–Kier alpha value is -1.80. The molecule has 2 aromatic carbocycles. The molecule has 1 fully saturated rings. The highest BCUT2D eigenvalue weighted by Crippen LogP contribution is 2.53. The van der Waals surface area contributed by atoms with Gasteiger partial charge in [-0.3, -0.25) is 0 Å². The molecule has 0 bridgehead atoms. The van der Waals surface area contributed by atoms with E-state index in [2.05, 4.69) is 76.2 Å². The van der Waals surface area contributed by atoms with Crippen LogP contribution in [-0.2, 0) is 17.8 Å². The van der Waals surface area contributed by atoms with Crippen molar-refractivity contribution in [3.8, 4) is 5.75 Å². The standard InChI is InChI=1S/C27H38O2/c1-5-22-14-16-24(17-15-22)29-25(28-21-23-12-8-6-9-13-23)20-27(26(2,3)4)18-10-7-11-19-27/h6,8-9,12-17,25H,5,7,10-11,18-21H2,1-4H3. The average molecular weight is 395 g/mol. The van der Waals surface area contributed by atoms with E-state index in [0.717, 1.165) is 18.6 Å². The zero-order valence-electron chi connectivity index (χ0n) is 18.7. The van der Waals surface area contributed by atoms with Crippen LogP contribution in [0.2, 0.25) is 0 Å². The van der Waals surface area contributed by atoms with Crippen LogP contribution in [0, 0.1) is 10.8 Å². The molecule has 0 N–H and O–H groups in total. The highest BCUT2D eigenvalue weighted by Gasteiger charge is 2.44. The third-order valence-corrected chi connectivity index (χ3v) is 6.84. The Bertz CT molecular complexity index is 721. The van der Waals surface area contributed by atoms with Gasteiger partial charge in [0.25, 0.3) is 0 Å². The van der Waals surface area contributed by atoms with Crippen molar-refractivity contribution in [3.05, 3.63) is 65.7 Å². The lowest BCUT2D eigenvalue weighted by Gasteiger charge is -2.49. The minimum absolute atomic E-state index is 0.233. The second-order valence-electron chi connectivity index (χ2n) is 9.64. The van der Waals surface area contributed by atoms with Gasteiger partial charge in [-0.25, -0.2) is 0 Å². The van der Waals surface area contributed by atoms with E-state index in [-0.39, 0.29) is 17.1 Å². The van der Waals surface area contributed by atoms with Gasteiger partial charge in [0.15, 0.2) is 0 Å². The average Bonchev–Trinajstić information content (AvgIpc) is 2.73. The molecule has 0 aromatic heterocycles. The van der Waals surface area contributed by atoms with Crippen LogP contribution in [0.15, 0.2) is 54.6 Å². The Morgan fingerprint density at radius 2 is 1.52 bits per heavy atom. The Balaban J connectivity index is 1.78. The lowest BCUT2D eigenvalue weighted by Crippen LogP contribution is -2.42. The first-order chi connectivity index (χ1) is 13.9. The van der Waals surface area contributed by atoms with Crippen LogP contribution in [-0.4, -0.2) is 6.29 Å². The second-order valence-corrected chi connectivity index (χ2v) is 9.64. The number of hydrogen-bond donors (Lipinski definition) is 0. The van der Waals surface area contributed by atoms with Crippen LogP contribution in [0.4, 0.5) is 0 Å². The van der Waals surface area contributed by atoms with Crippen LogP contribution in [0.5, 0.6) is 5.75 Å². The summed E-state index contributed by atoms with van der Waals surface area (Å²) in [4.78, 5) is 0. The molecule has 1 saturated carbocycles. The largest absolute Gasteiger partial charge is 0.465 e. The van der Waals surface area contributed by atoms with Crippen LogP contribution in [0.25, 0.3) is 0 Å². The smallest absolute Gasteiger partial charge is 0.200 e. The van der Waals surface area contributed by atoms with Gasteiger partial charge < -0.3 is 9.47 Å². The SMILES string of the molecule is CCc1ccc(OC(CC2(C(C)(C)C)CCCCC2)OCc2ccccc2)cc1. The fraction of sp³-hybridized carbons (Fsp3) is 0.556.